The van der Waals surface area contributed by atoms with Crippen LogP contribution in [0.5, 0.6) is 0 Å². The number of hydrogen-bond donors (Lipinski definition) is 0. The van der Waals surface area contributed by atoms with E-state index in [0.29, 0.717) is 17.9 Å². The van der Waals surface area contributed by atoms with Crippen molar-refractivity contribution in [1.29, 1.82) is 0 Å². The fourth-order valence-corrected chi connectivity index (χ4v) is 3.69. The third-order valence-electron chi connectivity index (χ3n) is 4.29. The summed E-state index contributed by atoms with van der Waals surface area (Å²) in [6.45, 7) is 11.3. The van der Waals surface area contributed by atoms with Crippen molar-refractivity contribution in [1.82, 2.24) is 19.8 Å². The Hall–Kier alpha value is -1.99. The summed E-state index contributed by atoms with van der Waals surface area (Å²) in [4.78, 5) is 16.2. The van der Waals surface area contributed by atoms with Gasteiger partial charge in [-0.1, -0.05) is 5.16 Å². The van der Waals surface area contributed by atoms with Crippen molar-refractivity contribution >= 4 is 22.2 Å². The van der Waals surface area contributed by atoms with Gasteiger partial charge in [-0.25, -0.2) is 4.68 Å². The van der Waals surface area contributed by atoms with Crippen molar-refractivity contribution in [2.45, 2.75) is 53.9 Å². The van der Waals surface area contributed by atoms with Crippen LogP contribution in [0.25, 0.3) is 10.9 Å². The summed E-state index contributed by atoms with van der Waals surface area (Å²) in [6, 6.07) is 2.41. The summed E-state index contributed by atoms with van der Waals surface area (Å²) in [7, 11) is 0. The van der Waals surface area contributed by atoms with Crippen molar-refractivity contribution < 1.29 is 4.52 Å². The number of nitrogens with zero attached hydrogens (tertiary/aromatic N) is 4. The molecule has 7 heteroatoms. The number of fused-ring (bicyclic) bond motifs is 1. The second-order valence-electron chi connectivity index (χ2n) is 6.36. The van der Waals surface area contributed by atoms with Gasteiger partial charge in [-0.15, -0.1) is 11.3 Å². The highest BCUT2D eigenvalue weighted by Crippen LogP contribution is 2.20. The first-order chi connectivity index (χ1) is 11.4. The molecular weight excluding hydrogens is 324 g/mol. The average Bonchev–Trinajstić information content (AvgIpc) is 3.10. The van der Waals surface area contributed by atoms with Gasteiger partial charge in [0, 0.05) is 17.5 Å². The minimum absolute atomic E-state index is 0.207. The molecule has 3 aromatic rings. The van der Waals surface area contributed by atoms with Gasteiger partial charge >= 0.3 is 0 Å². The highest BCUT2D eigenvalue weighted by atomic mass is 32.1. The van der Waals surface area contributed by atoms with Crippen LogP contribution in [0.15, 0.2) is 20.8 Å². The first kappa shape index (κ1) is 16.9. The zero-order chi connectivity index (χ0) is 17.4. The lowest BCUT2D eigenvalue weighted by molar-refractivity contribution is 0.152. The smallest absolute Gasteiger partial charge is 0.298 e. The number of hydrogen-bond acceptors (Lipinski definition) is 6. The maximum Gasteiger partial charge on any atom is 0.298 e. The molecule has 3 heterocycles. The van der Waals surface area contributed by atoms with Crippen LogP contribution in [0, 0.1) is 20.8 Å². The van der Waals surface area contributed by atoms with Crippen LogP contribution in [0.1, 0.15) is 35.7 Å². The predicted molar refractivity (Wildman–Crippen MR) is 95.3 cm³/mol. The van der Waals surface area contributed by atoms with Gasteiger partial charge in [0.1, 0.15) is 5.76 Å². The van der Waals surface area contributed by atoms with Gasteiger partial charge in [-0.2, -0.15) is 5.10 Å². The molecule has 0 aliphatic carbocycles. The van der Waals surface area contributed by atoms with Crippen LogP contribution in [0.4, 0.5) is 0 Å². The Morgan fingerprint density at radius 1 is 1.33 bits per heavy atom. The normalized spacial score (nSPS) is 12.0. The molecule has 6 nitrogen and oxygen atoms in total. The van der Waals surface area contributed by atoms with Crippen molar-refractivity contribution in [3.63, 3.8) is 0 Å². The van der Waals surface area contributed by atoms with Gasteiger partial charge in [-0.05, 0) is 51.6 Å². The lowest BCUT2D eigenvalue weighted by atomic mass is 10.2. The van der Waals surface area contributed by atoms with Crippen LogP contribution in [0.3, 0.4) is 0 Å². The SMILES string of the molecule is Cc1ccsc1CN(Cn1nc(C)c2c(C)onc2c1=O)C(C)C. The van der Waals surface area contributed by atoms with E-state index in [1.54, 1.807) is 18.3 Å². The Morgan fingerprint density at radius 2 is 2.08 bits per heavy atom. The molecule has 0 unspecified atom stereocenters. The van der Waals surface area contributed by atoms with Crippen LogP contribution in [0.2, 0.25) is 0 Å². The minimum atomic E-state index is -0.207. The van der Waals surface area contributed by atoms with E-state index in [1.165, 1.54) is 15.1 Å². The Labute approximate surface area is 144 Å². The summed E-state index contributed by atoms with van der Waals surface area (Å²) < 4.78 is 6.66. The minimum Gasteiger partial charge on any atom is -0.360 e. The molecule has 0 saturated carbocycles. The van der Waals surface area contributed by atoms with Crippen LogP contribution in [-0.4, -0.2) is 25.9 Å². The molecule has 128 valence electrons. The standard InChI is InChI=1S/C17H22N4O2S/c1-10(2)20(8-14-11(3)6-7-24-14)9-21-17(22)16-15(12(4)18-21)13(5)23-19-16/h6-7,10H,8-9H2,1-5H3. The monoisotopic (exact) mass is 346 g/mol. The fraction of sp³-hybridized carbons (Fsp3) is 0.471. The topological polar surface area (TPSA) is 64.2 Å². The van der Waals surface area contributed by atoms with E-state index in [4.69, 9.17) is 4.52 Å². The van der Waals surface area contributed by atoms with Gasteiger partial charge in [0.15, 0.2) is 5.52 Å². The first-order valence-corrected chi connectivity index (χ1v) is 8.87. The summed E-state index contributed by atoms with van der Waals surface area (Å²) in [5.41, 5.74) is 2.20. The van der Waals surface area contributed by atoms with E-state index in [1.807, 2.05) is 6.92 Å². The van der Waals surface area contributed by atoms with Crippen molar-refractivity contribution in [3.05, 3.63) is 43.7 Å². The molecule has 3 rings (SSSR count). The van der Waals surface area contributed by atoms with Gasteiger partial charge in [-0.3, -0.25) is 9.69 Å². The summed E-state index contributed by atoms with van der Waals surface area (Å²) >= 11 is 1.74. The van der Waals surface area contributed by atoms with Gasteiger partial charge in [0.05, 0.1) is 17.7 Å². The molecule has 24 heavy (non-hydrogen) atoms. The van der Waals surface area contributed by atoms with Crippen LogP contribution in [-0.2, 0) is 13.2 Å². The van der Waals surface area contributed by atoms with E-state index in [2.05, 4.69) is 47.4 Å². The Bertz CT molecular complexity index is 922. The maximum absolute atomic E-state index is 12.7. The van der Waals surface area contributed by atoms with Crippen LogP contribution >= 0.6 is 11.3 Å². The molecule has 0 saturated heterocycles. The summed E-state index contributed by atoms with van der Waals surface area (Å²) in [6.07, 6.45) is 0. The first-order valence-electron chi connectivity index (χ1n) is 7.99. The van der Waals surface area contributed by atoms with Gasteiger partial charge in [0.2, 0.25) is 0 Å². The summed E-state index contributed by atoms with van der Waals surface area (Å²) in [5.74, 6) is 0.633. The Balaban J connectivity index is 1.96. The van der Waals surface area contributed by atoms with Crippen molar-refractivity contribution in [3.8, 4) is 0 Å². The highest BCUT2D eigenvalue weighted by Gasteiger charge is 2.18. The lowest BCUT2D eigenvalue weighted by Gasteiger charge is -2.26. The largest absolute Gasteiger partial charge is 0.360 e. The van der Waals surface area contributed by atoms with Crippen LogP contribution < -0.4 is 5.56 Å². The van der Waals surface area contributed by atoms with Gasteiger partial charge in [0.25, 0.3) is 5.56 Å². The van der Waals surface area contributed by atoms with E-state index in [9.17, 15) is 4.79 Å². The molecule has 0 bridgehead atoms. The number of rotatable bonds is 5. The van der Waals surface area contributed by atoms with Crippen molar-refractivity contribution in [2.75, 3.05) is 0 Å². The second-order valence-corrected chi connectivity index (χ2v) is 7.36. The molecular formula is C17H22N4O2S. The third kappa shape index (κ3) is 3.01. The molecule has 0 aromatic carbocycles. The number of thiophene rings is 1. The van der Waals surface area contributed by atoms with Gasteiger partial charge < -0.3 is 4.52 Å². The summed E-state index contributed by atoms with van der Waals surface area (Å²) in [5, 5.41) is 11.2. The molecule has 0 spiro atoms. The molecule has 3 aromatic heterocycles. The zero-order valence-corrected chi connectivity index (χ0v) is 15.5. The van der Waals surface area contributed by atoms with E-state index < -0.39 is 0 Å². The fourth-order valence-electron chi connectivity index (χ4n) is 2.76. The molecule has 0 aliphatic heterocycles. The van der Waals surface area contributed by atoms with E-state index >= 15 is 0 Å². The predicted octanol–water partition coefficient (Wildman–Crippen LogP) is 3.24. The molecule has 0 atom stereocenters. The Morgan fingerprint density at radius 3 is 2.71 bits per heavy atom. The quantitative estimate of drug-likeness (QED) is 0.710. The molecule has 0 amide bonds. The number of aromatic nitrogens is 3. The maximum atomic E-state index is 12.7. The Kier molecular flexibility index (Phi) is 4.56. The van der Waals surface area contributed by atoms with E-state index in [0.717, 1.165) is 17.6 Å². The molecule has 0 radical (unpaired) electrons. The molecule has 0 N–H and O–H groups in total. The molecule has 0 fully saturated rings. The molecule has 0 aliphatic rings. The third-order valence-corrected chi connectivity index (χ3v) is 5.30. The average molecular weight is 346 g/mol. The zero-order valence-electron chi connectivity index (χ0n) is 14.7. The van der Waals surface area contributed by atoms with Crippen molar-refractivity contribution in [2.24, 2.45) is 0 Å². The number of aryl methyl sites for hydroxylation is 3. The second kappa shape index (κ2) is 6.49. The van der Waals surface area contributed by atoms with E-state index in [-0.39, 0.29) is 11.6 Å². The lowest BCUT2D eigenvalue weighted by Crippen LogP contribution is -2.37. The highest BCUT2D eigenvalue weighted by molar-refractivity contribution is 7.10.